The topological polar surface area (TPSA) is 58.6 Å². The number of para-hydroxylation sites is 1. The fourth-order valence-corrected chi connectivity index (χ4v) is 4.33. The van der Waals surface area contributed by atoms with E-state index in [-0.39, 0.29) is 23.9 Å². The first kappa shape index (κ1) is 19.6. The predicted molar refractivity (Wildman–Crippen MR) is 109 cm³/mol. The molecule has 2 amide bonds. The predicted octanol–water partition coefficient (Wildman–Crippen LogP) is 4.94. The maximum absolute atomic E-state index is 12.5. The number of anilines is 1. The maximum Gasteiger partial charge on any atom is 0.411 e. The summed E-state index contributed by atoms with van der Waals surface area (Å²) in [6.45, 7) is 2.13. The molecule has 1 fully saturated rings. The van der Waals surface area contributed by atoms with Crippen LogP contribution in [0.4, 0.5) is 10.5 Å². The van der Waals surface area contributed by atoms with Crippen LogP contribution in [0.5, 0.6) is 0 Å². The summed E-state index contributed by atoms with van der Waals surface area (Å²) >= 11 is 7.55. The zero-order valence-electron chi connectivity index (χ0n) is 14.9. The van der Waals surface area contributed by atoms with Crippen molar-refractivity contribution in [1.82, 2.24) is 4.90 Å². The minimum absolute atomic E-state index is 0.0545. The van der Waals surface area contributed by atoms with Crippen molar-refractivity contribution in [2.75, 3.05) is 17.7 Å². The van der Waals surface area contributed by atoms with Gasteiger partial charge in [0.1, 0.15) is 12.0 Å². The van der Waals surface area contributed by atoms with Gasteiger partial charge in [0.2, 0.25) is 5.91 Å². The summed E-state index contributed by atoms with van der Waals surface area (Å²) in [6.07, 6.45) is 0.164. The van der Waals surface area contributed by atoms with Gasteiger partial charge in [0, 0.05) is 10.7 Å². The highest BCUT2D eigenvalue weighted by atomic mass is 35.5. The Kier molecular flexibility index (Phi) is 6.63. The lowest BCUT2D eigenvalue weighted by molar-refractivity contribution is -0.131. The van der Waals surface area contributed by atoms with Crippen molar-refractivity contribution >= 4 is 41.1 Å². The first-order valence-electron chi connectivity index (χ1n) is 8.75. The van der Waals surface area contributed by atoms with Crippen LogP contribution in [0.15, 0.2) is 54.6 Å². The lowest BCUT2D eigenvalue weighted by Gasteiger charge is -2.32. The van der Waals surface area contributed by atoms with Crippen molar-refractivity contribution in [3.63, 3.8) is 0 Å². The minimum atomic E-state index is -0.526. The first-order chi connectivity index (χ1) is 13.1. The molecule has 5 nitrogen and oxygen atoms in total. The highest BCUT2D eigenvalue weighted by Gasteiger charge is 2.37. The van der Waals surface area contributed by atoms with Gasteiger partial charge in [-0.2, -0.15) is 0 Å². The second kappa shape index (κ2) is 9.15. The average Bonchev–Trinajstić information content (AvgIpc) is 3.05. The molecule has 0 aromatic heterocycles. The zero-order chi connectivity index (χ0) is 19.2. The molecule has 2 aromatic carbocycles. The molecule has 0 bridgehead atoms. The SMILES string of the molecule is CC[C@@H](COC(=O)Nc1ccccc1)N1C(=O)CS[C@H]1c1ccc(Cl)cc1. The molecule has 1 N–H and O–H groups in total. The van der Waals surface area contributed by atoms with Crippen LogP contribution in [0, 0.1) is 0 Å². The van der Waals surface area contributed by atoms with Crippen molar-refractivity contribution in [2.24, 2.45) is 0 Å². The summed E-state index contributed by atoms with van der Waals surface area (Å²) in [7, 11) is 0. The molecule has 27 heavy (non-hydrogen) atoms. The summed E-state index contributed by atoms with van der Waals surface area (Å²) in [5.41, 5.74) is 1.69. The third-order valence-electron chi connectivity index (χ3n) is 4.35. The van der Waals surface area contributed by atoms with Gasteiger partial charge in [-0.05, 0) is 36.2 Å². The minimum Gasteiger partial charge on any atom is -0.447 e. The summed E-state index contributed by atoms with van der Waals surface area (Å²) in [6, 6.07) is 16.4. The van der Waals surface area contributed by atoms with Gasteiger partial charge in [-0.25, -0.2) is 4.79 Å². The number of carbonyl (C=O) groups excluding carboxylic acids is 2. The van der Waals surface area contributed by atoms with E-state index in [1.807, 2.05) is 54.3 Å². The Morgan fingerprint density at radius 3 is 2.63 bits per heavy atom. The number of amides is 2. The molecular weight excluding hydrogens is 384 g/mol. The van der Waals surface area contributed by atoms with E-state index in [0.717, 1.165) is 5.56 Å². The number of halogens is 1. The number of nitrogens with one attached hydrogen (secondary N) is 1. The van der Waals surface area contributed by atoms with E-state index in [0.29, 0.717) is 22.9 Å². The number of rotatable bonds is 6. The molecule has 142 valence electrons. The number of thioether (sulfide) groups is 1. The zero-order valence-corrected chi connectivity index (χ0v) is 16.5. The number of nitrogens with zero attached hydrogens (tertiary/aromatic N) is 1. The molecule has 2 aromatic rings. The van der Waals surface area contributed by atoms with Crippen molar-refractivity contribution in [3.05, 3.63) is 65.2 Å². The van der Waals surface area contributed by atoms with Gasteiger partial charge >= 0.3 is 6.09 Å². The summed E-state index contributed by atoms with van der Waals surface area (Å²) in [4.78, 5) is 26.4. The van der Waals surface area contributed by atoms with Crippen LogP contribution < -0.4 is 5.32 Å². The lowest BCUT2D eigenvalue weighted by atomic mass is 10.1. The Labute approximate surface area is 168 Å². The Morgan fingerprint density at radius 2 is 1.96 bits per heavy atom. The molecule has 1 heterocycles. The molecule has 0 unspecified atom stereocenters. The molecule has 1 saturated heterocycles. The monoisotopic (exact) mass is 404 g/mol. The van der Waals surface area contributed by atoms with E-state index in [2.05, 4.69) is 5.32 Å². The summed E-state index contributed by atoms with van der Waals surface area (Å²) in [5, 5.41) is 3.25. The van der Waals surface area contributed by atoms with Crippen molar-refractivity contribution in [3.8, 4) is 0 Å². The summed E-state index contributed by atoms with van der Waals surface area (Å²) in [5.74, 6) is 0.471. The van der Waals surface area contributed by atoms with Gasteiger partial charge in [0.15, 0.2) is 0 Å². The Balaban J connectivity index is 1.64. The molecule has 7 heteroatoms. The van der Waals surface area contributed by atoms with Gasteiger partial charge in [-0.3, -0.25) is 10.1 Å². The van der Waals surface area contributed by atoms with Crippen molar-refractivity contribution in [2.45, 2.75) is 24.8 Å². The maximum atomic E-state index is 12.5. The lowest BCUT2D eigenvalue weighted by Crippen LogP contribution is -2.41. The van der Waals surface area contributed by atoms with Crippen LogP contribution in [-0.4, -0.2) is 35.3 Å². The van der Waals surface area contributed by atoms with E-state index in [9.17, 15) is 9.59 Å². The van der Waals surface area contributed by atoms with E-state index in [4.69, 9.17) is 16.3 Å². The largest absolute Gasteiger partial charge is 0.447 e. The third kappa shape index (κ3) is 4.96. The quantitative estimate of drug-likeness (QED) is 0.740. The molecular formula is C20H21ClN2O3S. The van der Waals surface area contributed by atoms with Crippen LogP contribution in [0.25, 0.3) is 0 Å². The van der Waals surface area contributed by atoms with Crippen LogP contribution in [0.1, 0.15) is 24.3 Å². The Bertz CT molecular complexity index is 786. The van der Waals surface area contributed by atoms with E-state index in [1.54, 1.807) is 23.9 Å². The molecule has 0 spiro atoms. The Hall–Kier alpha value is -2.18. The fourth-order valence-electron chi connectivity index (χ4n) is 2.96. The number of hydrogen-bond donors (Lipinski definition) is 1. The smallest absolute Gasteiger partial charge is 0.411 e. The fraction of sp³-hybridized carbons (Fsp3) is 0.300. The summed E-state index contributed by atoms with van der Waals surface area (Å²) < 4.78 is 5.39. The molecule has 1 aliphatic heterocycles. The van der Waals surface area contributed by atoms with Gasteiger partial charge < -0.3 is 9.64 Å². The van der Waals surface area contributed by atoms with Crippen molar-refractivity contribution in [1.29, 1.82) is 0 Å². The normalized spacial score (nSPS) is 17.6. The number of hydrogen-bond acceptors (Lipinski definition) is 4. The third-order valence-corrected chi connectivity index (χ3v) is 5.83. The second-order valence-electron chi connectivity index (χ2n) is 6.17. The highest BCUT2D eigenvalue weighted by Crippen LogP contribution is 2.40. The van der Waals surface area contributed by atoms with Crippen LogP contribution in [0.3, 0.4) is 0 Å². The molecule has 1 aliphatic rings. The average molecular weight is 405 g/mol. The van der Waals surface area contributed by atoms with Crippen LogP contribution >= 0.6 is 23.4 Å². The van der Waals surface area contributed by atoms with Gasteiger partial charge in [-0.15, -0.1) is 11.8 Å². The molecule has 2 atom stereocenters. The number of benzene rings is 2. The molecule has 0 aliphatic carbocycles. The van der Waals surface area contributed by atoms with Crippen LogP contribution in [0.2, 0.25) is 5.02 Å². The number of carbonyl (C=O) groups is 2. The first-order valence-corrected chi connectivity index (χ1v) is 10.2. The Morgan fingerprint density at radius 1 is 1.26 bits per heavy atom. The van der Waals surface area contributed by atoms with E-state index >= 15 is 0 Å². The van der Waals surface area contributed by atoms with Gasteiger partial charge in [0.05, 0.1) is 11.8 Å². The van der Waals surface area contributed by atoms with Gasteiger partial charge in [0.25, 0.3) is 0 Å². The van der Waals surface area contributed by atoms with Gasteiger partial charge in [-0.1, -0.05) is 48.9 Å². The standard InChI is InChI=1S/C20H21ClN2O3S/c1-2-17(12-26-20(25)22-16-6-4-3-5-7-16)23-18(24)13-27-19(23)14-8-10-15(21)11-9-14/h3-11,17,19H,2,12-13H2,1H3,(H,22,25)/t17-,19-/m0/s1. The van der Waals surface area contributed by atoms with E-state index in [1.165, 1.54) is 0 Å². The highest BCUT2D eigenvalue weighted by molar-refractivity contribution is 8.00. The van der Waals surface area contributed by atoms with E-state index < -0.39 is 6.09 Å². The number of ether oxygens (including phenoxy) is 1. The van der Waals surface area contributed by atoms with Crippen LogP contribution in [-0.2, 0) is 9.53 Å². The second-order valence-corrected chi connectivity index (χ2v) is 7.67. The molecule has 0 radical (unpaired) electrons. The van der Waals surface area contributed by atoms with Crippen molar-refractivity contribution < 1.29 is 14.3 Å². The molecule has 0 saturated carbocycles. The molecule has 3 rings (SSSR count).